The molecule has 1 N–H and O–H groups in total. The Balaban J connectivity index is 2.26. The minimum absolute atomic E-state index is 0.495. The smallest absolute Gasteiger partial charge is 0.130 e. The van der Waals surface area contributed by atoms with Crippen molar-refractivity contribution in [3.63, 3.8) is 0 Å². The summed E-state index contributed by atoms with van der Waals surface area (Å²) in [6.07, 6.45) is 1.79. The van der Waals surface area contributed by atoms with Crippen molar-refractivity contribution in [1.82, 2.24) is 4.98 Å². The minimum Gasteiger partial charge on any atom is -0.340 e. The van der Waals surface area contributed by atoms with Crippen LogP contribution in [-0.4, -0.2) is 4.98 Å². The number of rotatable bonds is 3. The molecule has 0 bridgehead atoms. The number of aromatic nitrogens is 1. The van der Waals surface area contributed by atoms with Gasteiger partial charge in [-0.2, -0.15) is 0 Å². The molecule has 2 aromatic rings. The molecule has 0 radical (unpaired) electrons. The maximum absolute atomic E-state index is 4.32. The summed E-state index contributed by atoms with van der Waals surface area (Å²) < 4.78 is 0.986. The Morgan fingerprint density at radius 2 is 1.88 bits per heavy atom. The molecule has 1 aromatic heterocycles. The number of anilines is 2. The Hall–Kier alpha value is -1.35. The van der Waals surface area contributed by atoms with Gasteiger partial charge in [-0.05, 0) is 45.6 Å². The van der Waals surface area contributed by atoms with Crippen LogP contribution in [0.15, 0.2) is 47.1 Å². The van der Waals surface area contributed by atoms with E-state index in [1.165, 1.54) is 5.56 Å². The van der Waals surface area contributed by atoms with Crippen LogP contribution in [0.25, 0.3) is 0 Å². The van der Waals surface area contributed by atoms with Gasteiger partial charge < -0.3 is 5.32 Å². The molecule has 0 unspecified atom stereocenters. The van der Waals surface area contributed by atoms with Crippen LogP contribution in [0.5, 0.6) is 0 Å². The van der Waals surface area contributed by atoms with Gasteiger partial charge in [0, 0.05) is 16.4 Å². The number of para-hydroxylation sites is 1. The number of hydrogen-bond acceptors (Lipinski definition) is 2. The number of nitrogens with zero attached hydrogens (tertiary/aromatic N) is 1. The summed E-state index contributed by atoms with van der Waals surface area (Å²) in [6.45, 7) is 4.38. The fraction of sp³-hybridized carbons (Fsp3) is 0.214. The molecule has 0 fully saturated rings. The van der Waals surface area contributed by atoms with E-state index >= 15 is 0 Å². The lowest BCUT2D eigenvalue weighted by atomic mass is 10.0. The standard InChI is InChI=1S/C14H15BrN2/c1-10(2)12-5-3-4-6-13(12)17-14-8-7-11(15)9-16-14/h3-10H,1-2H3,(H,16,17). The van der Waals surface area contributed by atoms with Crippen molar-refractivity contribution < 1.29 is 0 Å². The van der Waals surface area contributed by atoms with Gasteiger partial charge in [-0.15, -0.1) is 0 Å². The third-order valence-electron chi connectivity index (χ3n) is 2.57. The average Bonchev–Trinajstić information content (AvgIpc) is 2.32. The number of nitrogens with one attached hydrogen (secondary N) is 1. The summed E-state index contributed by atoms with van der Waals surface area (Å²) in [4.78, 5) is 4.32. The molecule has 17 heavy (non-hydrogen) atoms. The lowest BCUT2D eigenvalue weighted by Crippen LogP contribution is -1.98. The average molecular weight is 291 g/mol. The quantitative estimate of drug-likeness (QED) is 0.885. The van der Waals surface area contributed by atoms with E-state index in [0.29, 0.717) is 5.92 Å². The highest BCUT2D eigenvalue weighted by molar-refractivity contribution is 9.10. The van der Waals surface area contributed by atoms with Crippen LogP contribution in [0.2, 0.25) is 0 Å². The number of hydrogen-bond donors (Lipinski definition) is 1. The summed E-state index contributed by atoms with van der Waals surface area (Å²) >= 11 is 3.38. The van der Waals surface area contributed by atoms with Gasteiger partial charge in [0.25, 0.3) is 0 Å². The maximum atomic E-state index is 4.32. The topological polar surface area (TPSA) is 24.9 Å². The molecule has 0 spiro atoms. The van der Waals surface area contributed by atoms with Gasteiger partial charge in [0.1, 0.15) is 5.82 Å². The van der Waals surface area contributed by atoms with Crippen LogP contribution in [0.4, 0.5) is 11.5 Å². The molecule has 2 nitrogen and oxygen atoms in total. The summed E-state index contributed by atoms with van der Waals surface area (Å²) in [5.41, 5.74) is 2.43. The highest BCUT2D eigenvalue weighted by Gasteiger charge is 2.05. The summed E-state index contributed by atoms with van der Waals surface area (Å²) in [5, 5.41) is 3.35. The van der Waals surface area contributed by atoms with Crippen LogP contribution in [0, 0.1) is 0 Å². The van der Waals surface area contributed by atoms with Crippen molar-refractivity contribution in [1.29, 1.82) is 0 Å². The highest BCUT2D eigenvalue weighted by atomic mass is 79.9. The molecular formula is C14H15BrN2. The van der Waals surface area contributed by atoms with Crippen molar-refractivity contribution in [3.8, 4) is 0 Å². The van der Waals surface area contributed by atoms with Crippen molar-refractivity contribution in [3.05, 3.63) is 52.6 Å². The Morgan fingerprint density at radius 3 is 2.53 bits per heavy atom. The van der Waals surface area contributed by atoms with Crippen molar-refractivity contribution in [2.24, 2.45) is 0 Å². The molecule has 0 aliphatic rings. The van der Waals surface area contributed by atoms with Gasteiger partial charge >= 0.3 is 0 Å². The fourth-order valence-corrected chi connectivity index (χ4v) is 1.94. The minimum atomic E-state index is 0.495. The van der Waals surface area contributed by atoms with Crippen LogP contribution in [0.1, 0.15) is 25.3 Å². The molecule has 0 amide bonds. The number of pyridine rings is 1. The van der Waals surface area contributed by atoms with Gasteiger partial charge in [-0.25, -0.2) is 4.98 Å². The normalized spacial score (nSPS) is 10.6. The van der Waals surface area contributed by atoms with E-state index in [-0.39, 0.29) is 0 Å². The fourth-order valence-electron chi connectivity index (χ4n) is 1.70. The third kappa shape index (κ3) is 3.07. The number of halogens is 1. The molecule has 1 aromatic carbocycles. The molecule has 0 saturated carbocycles. The van der Waals surface area contributed by atoms with E-state index in [1.807, 2.05) is 18.2 Å². The summed E-state index contributed by atoms with van der Waals surface area (Å²) in [5.74, 6) is 1.36. The van der Waals surface area contributed by atoms with Crippen LogP contribution < -0.4 is 5.32 Å². The van der Waals surface area contributed by atoms with E-state index in [2.05, 4.69) is 58.3 Å². The van der Waals surface area contributed by atoms with E-state index in [9.17, 15) is 0 Å². The predicted octanol–water partition coefficient (Wildman–Crippen LogP) is 4.71. The predicted molar refractivity (Wildman–Crippen MR) is 75.8 cm³/mol. The van der Waals surface area contributed by atoms with Gasteiger partial charge in [0.2, 0.25) is 0 Å². The van der Waals surface area contributed by atoms with E-state index in [1.54, 1.807) is 6.20 Å². The van der Waals surface area contributed by atoms with Gasteiger partial charge in [-0.3, -0.25) is 0 Å². The second kappa shape index (κ2) is 5.32. The third-order valence-corrected chi connectivity index (χ3v) is 3.04. The van der Waals surface area contributed by atoms with Crippen LogP contribution in [-0.2, 0) is 0 Å². The first-order valence-corrected chi connectivity index (χ1v) is 6.43. The van der Waals surface area contributed by atoms with Crippen molar-refractivity contribution in [2.75, 3.05) is 5.32 Å². The van der Waals surface area contributed by atoms with Gasteiger partial charge in [-0.1, -0.05) is 32.0 Å². The molecule has 1 heterocycles. The van der Waals surface area contributed by atoms with Gasteiger partial charge in [0.15, 0.2) is 0 Å². The first-order chi connectivity index (χ1) is 8.16. The lowest BCUT2D eigenvalue weighted by molar-refractivity contribution is 0.869. The molecule has 0 atom stereocenters. The molecule has 0 saturated heterocycles. The Morgan fingerprint density at radius 1 is 1.12 bits per heavy atom. The first kappa shape index (κ1) is 12.1. The van der Waals surface area contributed by atoms with E-state index in [4.69, 9.17) is 0 Å². The van der Waals surface area contributed by atoms with Crippen LogP contribution in [0.3, 0.4) is 0 Å². The molecule has 3 heteroatoms. The summed E-state index contributed by atoms with van der Waals surface area (Å²) in [6, 6.07) is 12.3. The van der Waals surface area contributed by atoms with E-state index < -0.39 is 0 Å². The van der Waals surface area contributed by atoms with Gasteiger partial charge in [0.05, 0.1) is 0 Å². The zero-order valence-electron chi connectivity index (χ0n) is 9.94. The lowest BCUT2D eigenvalue weighted by Gasteiger charge is -2.13. The second-order valence-corrected chi connectivity index (χ2v) is 5.14. The Kier molecular flexibility index (Phi) is 3.79. The molecule has 88 valence electrons. The maximum Gasteiger partial charge on any atom is 0.130 e. The molecule has 0 aliphatic carbocycles. The highest BCUT2D eigenvalue weighted by Crippen LogP contribution is 2.26. The van der Waals surface area contributed by atoms with E-state index in [0.717, 1.165) is 16.0 Å². The first-order valence-electron chi connectivity index (χ1n) is 5.64. The Bertz CT molecular complexity index is 492. The second-order valence-electron chi connectivity index (χ2n) is 4.23. The largest absolute Gasteiger partial charge is 0.340 e. The zero-order valence-corrected chi connectivity index (χ0v) is 11.5. The molecular weight excluding hydrogens is 276 g/mol. The number of benzene rings is 1. The summed E-state index contributed by atoms with van der Waals surface area (Å²) in [7, 11) is 0. The zero-order chi connectivity index (χ0) is 12.3. The van der Waals surface area contributed by atoms with Crippen molar-refractivity contribution >= 4 is 27.4 Å². The molecule has 2 rings (SSSR count). The SMILES string of the molecule is CC(C)c1ccccc1Nc1ccc(Br)cn1. The Labute approximate surface area is 110 Å². The molecule has 0 aliphatic heterocycles. The van der Waals surface area contributed by atoms with Crippen LogP contribution >= 0.6 is 15.9 Å². The van der Waals surface area contributed by atoms with Crippen molar-refractivity contribution in [2.45, 2.75) is 19.8 Å². The monoisotopic (exact) mass is 290 g/mol.